The summed E-state index contributed by atoms with van der Waals surface area (Å²) in [6.45, 7) is 4.32. The second kappa shape index (κ2) is 5.12. The van der Waals surface area contributed by atoms with Crippen molar-refractivity contribution in [2.24, 2.45) is 4.99 Å². The quantitative estimate of drug-likeness (QED) is 0.614. The molecule has 3 nitrogen and oxygen atoms in total. The van der Waals surface area contributed by atoms with Gasteiger partial charge in [0.15, 0.2) is 0 Å². The maximum Gasteiger partial charge on any atom is 0.235 e. The number of hydrogen-bond acceptors (Lipinski definition) is 4. The van der Waals surface area contributed by atoms with E-state index in [2.05, 4.69) is 37.0 Å². The van der Waals surface area contributed by atoms with Gasteiger partial charge >= 0.3 is 0 Å². The Morgan fingerprint density at radius 2 is 2.10 bits per heavy atom. The van der Waals surface area contributed by atoms with Gasteiger partial charge < -0.3 is 0 Å². The van der Waals surface area contributed by atoms with Gasteiger partial charge in [-0.15, -0.1) is 11.3 Å². The molecule has 0 spiro atoms. The second-order valence-corrected chi connectivity index (χ2v) is 6.86. The highest BCUT2D eigenvalue weighted by atomic mass is 32.1. The fourth-order valence-electron chi connectivity index (χ4n) is 3.08. The van der Waals surface area contributed by atoms with Crippen molar-refractivity contribution in [1.82, 2.24) is 4.98 Å². The van der Waals surface area contributed by atoms with E-state index >= 15 is 0 Å². The van der Waals surface area contributed by atoms with Gasteiger partial charge in [0.2, 0.25) is 6.08 Å². The third-order valence-electron chi connectivity index (χ3n) is 4.12. The van der Waals surface area contributed by atoms with Crippen molar-refractivity contribution in [3.8, 4) is 0 Å². The lowest BCUT2D eigenvalue weighted by atomic mass is 9.88. The van der Waals surface area contributed by atoms with Crippen LogP contribution in [0.25, 0.3) is 10.2 Å². The molecule has 1 aliphatic rings. The summed E-state index contributed by atoms with van der Waals surface area (Å²) in [5.41, 5.74) is 1.75. The molecule has 2 aromatic rings. The van der Waals surface area contributed by atoms with E-state index in [9.17, 15) is 4.79 Å². The smallest absolute Gasteiger partial charge is 0.235 e. The third kappa shape index (κ3) is 2.09. The van der Waals surface area contributed by atoms with Crippen molar-refractivity contribution in [3.05, 3.63) is 28.8 Å². The van der Waals surface area contributed by atoms with Crippen molar-refractivity contribution in [2.75, 3.05) is 0 Å². The summed E-state index contributed by atoms with van der Waals surface area (Å²) in [7, 11) is 0. The summed E-state index contributed by atoms with van der Waals surface area (Å²) >= 11 is 1.74. The van der Waals surface area contributed by atoms with E-state index in [1.165, 1.54) is 4.70 Å². The molecule has 1 fully saturated rings. The number of rotatable bonds is 3. The lowest BCUT2D eigenvalue weighted by Crippen LogP contribution is -2.19. The number of carbonyl (C=O) groups excluding carboxylic acids is 1. The van der Waals surface area contributed by atoms with Crippen molar-refractivity contribution < 1.29 is 4.79 Å². The molecule has 0 unspecified atom stereocenters. The van der Waals surface area contributed by atoms with E-state index in [4.69, 9.17) is 4.98 Å². The Morgan fingerprint density at radius 1 is 1.35 bits per heavy atom. The molecule has 1 heterocycles. The number of aromatic nitrogens is 1. The summed E-state index contributed by atoms with van der Waals surface area (Å²) in [6.07, 6.45) is 5.87. The zero-order valence-electron chi connectivity index (χ0n) is 11.8. The van der Waals surface area contributed by atoms with Gasteiger partial charge in [0.25, 0.3) is 0 Å². The number of para-hydroxylation sites is 1. The summed E-state index contributed by atoms with van der Waals surface area (Å²) in [5.74, 6) is 0.425. The predicted molar refractivity (Wildman–Crippen MR) is 82.0 cm³/mol. The van der Waals surface area contributed by atoms with Crippen LogP contribution in [0.5, 0.6) is 0 Å². The molecule has 1 saturated carbocycles. The van der Waals surface area contributed by atoms with Crippen LogP contribution in [0.3, 0.4) is 0 Å². The van der Waals surface area contributed by atoms with Crippen molar-refractivity contribution in [1.29, 1.82) is 0 Å². The van der Waals surface area contributed by atoms with E-state index in [-0.39, 0.29) is 5.54 Å². The van der Waals surface area contributed by atoms with Crippen LogP contribution in [0.15, 0.2) is 23.2 Å². The van der Waals surface area contributed by atoms with Crippen LogP contribution >= 0.6 is 11.3 Å². The van der Waals surface area contributed by atoms with Gasteiger partial charge in [0.05, 0.1) is 15.2 Å². The molecule has 3 rings (SSSR count). The lowest BCUT2D eigenvalue weighted by Gasteiger charge is -2.23. The molecule has 0 atom stereocenters. The summed E-state index contributed by atoms with van der Waals surface area (Å²) < 4.78 is 1.19. The normalized spacial score (nSPS) is 17.6. The van der Waals surface area contributed by atoms with E-state index in [1.807, 2.05) is 0 Å². The summed E-state index contributed by atoms with van der Waals surface area (Å²) in [6, 6.07) is 6.24. The number of hydrogen-bond donors (Lipinski definition) is 0. The zero-order valence-corrected chi connectivity index (χ0v) is 12.7. The minimum absolute atomic E-state index is 0.385. The van der Waals surface area contributed by atoms with Crippen molar-refractivity contribution in [3.63, 3.8) is 0 Å². The first-order valence-electron chi connectivity index (χ1n) is 7.15. The van der Waals surface area contributed by atoms with Gasteiger partial charge in [-0.1, -0.05) is 38.8 Å². The Hall–Kier alpha value is -1.51. The molecule has 0 bridgehead atoms. The molecular weight excluding hydrogens is 268 g/mol. The Kier molecular flexibility index (Phi) is 3.45. The van der Waals surface area contributed by atoms with Gasteiger partial charge in [0.1, 0.15) is 5.54 Å². The molecule has 104 valence electrons. The van der Waals surface area contributed by atoms with Crippen LogP contribution in [0.4, 0.5) is 0 Å². The number of isocyanates is 1. The maximum atomic E-state index is 10.9. The van der Waals surface area contributed by atoms with Gasteiger partial charge in [-0.3, -0.25) is 0 Å². The molecule has 0 N–H and O–H groups in total. The molecule has 0 amide bonds. The highest BCUT2D eigenvalue weighted by Crippen LogP contribution is 2.45. The molecular formula is C16H18N2OS. The van der Waals surface area contributed by atoms with E-state index in [0.717, 1.165) is 41.8 Å². The minimum atomic E-state index is -0.385. The monoisotopic (exact) mass is 286 g/mol. The first-order chi connectivity index (χ1) is 9.66. The van der Waals surface area contributed by atoms with Crippen LogP contribution in [-0.2, 0) is 10.3 Å². The van der Waals surface area contributed by atoms with E-state index < -0.39 is 0 Å². The summed E-state index contributed by atoms with van der Waals surface area (Å²) in [4.78, 5) is 19.9. The summed E-state index contributed by atoms with van der Waals surface area (Å²) in [5, 5.41) is 1.15. The fourth-order valence-corrected chi connectivity index (χ4v) is 4.07. The van der Waals surface area contributed by atoms with Crippen molar-refractivity contribution in [2.45, 2.75) is 51.0 Å². The Labute approximate surface area is 122 Å². The zero-order chi connectivity index (χ0) is 14.2. The highest BCUT2D eigenvalue weighted by Gasteiger charge is 2.37. The largest absolute Gasteiger partial charge is 0.241 e. The second-order valence-electron chi connectivity index (χ2n) is 5.80. The topological polar surface area (TPSA) is 42.3 Å². The number of thiazole rings is 1. The average molecular weight is 286 g/mol. The Morgan fingerprint density at radius 3 is 2.75 bits per heavy atom. The van der Waals surface area contributed by atoms with Gasteiger partial charge in [0, 0.05) is 11.5 Å². The van der Waals surface area contributed by atoms with Crippen LogP contribution in [0, 0.1) is 0 Å². The van der Waals surface area contributed by atoms with Gasteiger partial charge in [-0.25, -0.2) is 9.78 Å². The van der Waals surface area contributed by atoms with Crippen molar-refractivity contribution >= 4 is 27.6 Å². The van der Waals surface area contributed by atoms with E-state index in [0.29, 0.717) is 5.92 Å². The number of fused-ring (bicyclic) bond motifs is 1. The molecule has 0 radical (unpaired) electrons. The van der Waals surface area contributed by atoms with E-state index in [1.54, 1.807) is 17.4 Å². The van der Waals surface area contributed by atoms with Crippen LogP contribution < -0.4 is 0 Å². The standard InChI is InChI=1S/C16H18N2OS/c1-11(2)15-18-14-12(6-5-7-13(14)20-15)16(17-10-19)8-3-4-9-16/h5-7,11H,3-4,8-9H2,1-2H3. The molecule has 1 aromatic carbocycles. The average Bonchev–Trinajstić information content (AvgIpc) is 3.05. The molecule has 0 aliphatic heterocycles. The minimum Gasteiger partial charge on any atom is -0.241 e. The third-order valence-corrected chi connectivity index (χ3v) is 5.44. The molecule has 1 aliphatic carbocycles. The fraction of sp³-hybridized carbons (Fsp3) is 0.500. The van der Waals surface area contributed by atoms with Crippen LogP contribution in [0.1, 0.15) is 56.0 Å². The Balaban J connectivity index is 2.22. The molecule has 0 saturated heterocycles. The molecule has 4 heteroatoms. The number of nitrogens with zero attached hydrogens (tertiary/aromatic N) is 2. The number of aliphatic imine (C=N–C) groups is 1. The molecule has 20 heavy (non-hydrogen) atoms. The van der Waals surface area contributed by atoms with Gasteiger partial charge in [-0.05, 0) is 18.9 Å². The first-order valence-corrected chi connectivity index (χ1v) is 7.97. The predicted octanol–water partition coefficient (Wildman–Crippen LogP) is 4.52. The first kappa shape index (κ1) is 13.5. The number of benzene rings is 1. The van der Waals surface area contributed by atoms with Crippen LogP contribution in [0.2, 0.25) is 0 Å². The Bertz CT molecular complexity index is 677. The van der Waals surface area contributed by atoms with Crippen LogP contribution in [-0.4, -0.2) is 11.1 Å². The lowest BCUT2D eigenvalue weighted by molar-refractivity contribution is 0.459. The maximum absolute atomic E-state index is 10.9. The highest BCUT2D eigenvalue weighted by molar-refractivity contribution is 7.18. The SMILES string of the molecule is CC(C)c1nc2c(C3(N=C=O)CCCC3)cccc2s1. The van der Waals surface area contributed by atoms with Gasteiger partial charge in [-0.2, -0.15) is 4.99 Å². The molecule has 1 aromatic heterocycles.